The van der Waals surface area contributed by atoms with Gasteiger partial charge in [0.15, 0.2) is 0 Å². The summed E-state index contributed by atoms with van der Waals surface area (Å²) in [5, 5.41) is 0. The fourth-order valence-corrected chi connectivity index (χ4v) is 5.34. The standard InChI is InChI=1S/C21H25F3N2O2S2/c1-29-20-8-3-2-5-17(20)15-26-11-9-16(10-12-26)14-25-30(27,28)19-7-4-6-18(13-19)21(22,23)24/h2-8,13,16,25H,9-12,14-15H2,1H3. The molecule has 0 aromatic heterocycles. The zero-order chi connectivity index (χ0) is 21.8. The Balaban J connectivity index is 1.53. The van der Waals surface area contributed by atoms with Gasteiger partial charge in [0.25, 0.3) is 0 Å². The highest BCUT2D eigenvalue weighted by atomic mass is 32.2. The van der Waals surface area contributed by atoms with Crippen LogP contribution in [0.5, 0.6) is 0 Å². The van der Waals surface area contributed by atoms with Gasteiger partial charge in [-0.25, -0.2) is 13.1 Å². The highest BCUT2D eigenvalue weighted by molar-refractivity contribution is 7.98. The van der Waals surface area contributed by atoms with E-state index in [1.54, 1.807) is 11.8 Å². The smallest absolute Gasteiger partial charge is 0.299 e. The first-order chi connectivity index (χ1) is 14.2. The van der Waals surface area contributed by atoms with Crippen LogP contribution in [-0.2, 0) is 22.7 Å². The molecule has 1 saturated heterocycles. The number of nitrogens with zero attached hydrogens (tertiary/aromatic N) is 1. The Morgan fingerprint density at radius 2 is 1.80 bits per heavy atom. The van der Waals surface area contributed by atoms with Crippen molar-refractivity contribution in [2.24, 2.45) is 5.92 Å². The molecule has 0 spiro atoms. The number of halogens is 3. The second kappa shape index (κ2) is 9.72. The number of likely N-dealkylation sites (tertiary alicyclic amines) is 1. The van der Waals surface area contributed by atoms with Crippen molar-refractivity contribution in [2.45, 2.75) is 35.4 Å². The lowest BCUT2D eigenvalue weighted by Crippen LogP contribution is -2.38. The number of hydrogen-bond acceptors (Lipinski definition) is 4. The molecule has 164 valence electrons. The summed E-state index contributed by atoms with van der Waals surface area (Å²) >= 11 is 1.72. The Morgan fingerprint density at radius 3 is 2.47 bits per heavy atom. The largest absolute Gasteiger partial charge is 0.416 e. The molecule has 30 heavy (non-hydrogen) atoms. The molecule has 2 aromatic rings. The lowest BCUT2D eigenvalue weighted by Gasteiger charge is -2.32. The molecule has 9 heteroatoms. The van der Waals surface area contributed by atoms with Gasteiger partial charge in [-0.15, -0.1) is 11.8 Å². The third kappa shape index (κ3) is 6.00. The molecule has 1 aliphatic heterocycles. The maximum absolute atomic E-state index is 12.9. The Hall–Kier alpha value is -1.55. The van der Waals surface area contributed by atoms with Crippen LogP contribution in [0, 0.1) is 5.92 Å². The quantitative estimate of drug-likeness (QED) is 0.616. The maximum atomic E-state index is 12.9. The molecular formula is C21H25F3N2O2S2. The lowest BCUT2D eigenvalue weighted by molar-refractivity contribution is -0.137. The number of piperidine rings is 1. The van der Waals surface area contributed by atoms with Crippen molar-refractivity contribution in [2.75, 3.05) is 25.9 Å². The second-order valence-electron chi connectivity index (χ2n) is 7.41. The van der Waals surface area contributed by atoms with Gasteiger partial charge in [-0.05, 0) is 67.9 Å². The number of nitrogens with one attached hydrogen (secondary N) is 1. The van der Waals surface area contributed by atoms with E-state index in [0.717, 1.165) is 44.6 Å². The van der Waals surface area contributed by atoms with Gasteiger partial charge in [-0.2, -0.15) is 13.2 Å². The predicted octanol–water partition coefficient (Wildman–Crippen LogP) is 4.62. The molecule has 3 rings (SSSR count). The van der Waals surface area contributed by atoms with Crippen LogP contribution in [0.1, 0.15) is 24.0 Å². The van der Waals surface area contributed by atoms with Crippen LogP contribution < -0.4 is 4.72 Å². The number of sulfonamides is 1. The van der Waals surface area contributed by atoms with Gasteiger partial charge < -0.3 is 0 Å². The van der Waals surface area contributed by atoms with Gasteiger partial charge in [0, 0.05) is 18.0 Å². The molecule has 0 aliphatic carbocycles. The van der Waals surface area contributed by atoms with E-state index in [9.17, 15) is 21.6 Å². The molecule has 0 amide bonds. The van der Waals surface area contributed by atoms with Crippen molar-refractivity contribution in [3.63, 3.8) is 0 Å². The van der Waals surface area contributed by atoms with Crippen LogP contribution in [0.4, 0.5) is 13.2 Å². The van der Waals surface area contributed by atoms with Gasteiger partial charge in [0.2, 0.25) is 10.0 Å². The summed E-state index contributed by atoms with van der Waals surface area (Å²) in [4.78, 5) is 3.25. The fraction of sp³-hybridized carbons (Fsp3) is 0.429. The van der Waals surface area contributed by atoms with E-state index in [4.69, 9.17) is 0 Å². The molecule has 1 aliphatic rings. The van der Waals surface area contributed by atoms with Crippen LogP contribution in [-0.4, -0.2) is 39.2 Å². The molecule has 0 bridgehead atoms. The summed E-state index contributed by atoms with van der Waals surface area (Å²) in [7, 11) is -3.98. The molecule has 1 N–H and O–H groups in total. The minimum atomic E-state index is -4.58. The number of rotatable bonds is 7. The van der Waals surface area contributed by atoms with Crippen molar-refractivity contribution in [3.8, 4) is 0 Å². The molecule has 1 fully saturated rings. The van der Waals surface area contributed by atoms with E-state index >= 15 is 0 Å². The van der Waals surface area contributed by atoms with Crippen molar-refractivity contribution in [1.82, 2.24) is 9.62 Å². The number of alkyl halides is 3. The summed E-state index contributed by atoms with van der Waals surface area (Å²) in [5.74, 6) is 0.164. The van der Waals surface area contributed by atoms with Gasteiger partial charge in [0.05, 0.1) is 10.5 Å². The molecule has 0 unspecified atom stereocenters. The van der Waals surface area contributed by atoms with Gasteiger partial charge in [0.1, 0.15) is 0 Å². The van der Waals surface area contributed by atoms with E-state index < -0.39 is 21.8 Å². The molecule has 0 saturated carbocycles. The van der Waals surface area contributed by atoms with Gasteiger partial charge >= 0.3 is 6.18 Å². The first-order valence-electron chi connectivity index (χ1n) is 9.70. The maximum Gasteiger partial charge on any atom is 0.416 e. The lowest BCUT2D eigenvalue weighted by atomic mass is 9.97. The summed E-state index contributed by atoms with van der Waals surface area (Å²) in [6.07, 6.45) is -0.839. The van der Waals surface area contributed by atoms with Crippen LogP contribution in [0.3, 0.4) is 0 Å². The van der Waals surface area contributed by atoms with Gasteiger partial charge in [-0.3, -0.25) is 4.90 Å². The monoisotopic (exact) mass is 458 g/mol. The molecule has 4 nitrogen and oxygen atoms in total. The SMILES string of the molecule is CSc1ccccc1CN1CCC(CNS(=O)(=O)c2cccc(C(F)(F)F)c2)CC1. The minimum absolute atomic E-state index is 0.164. The Kier molecular flexibility index (Phi) is 7.49. The van der Waals surface area contributed by atoms with E-state index in [1.165, 1.54) is 16.5 Å². The summed E-state index contributed by atoms with van der Waals surface area (Å²) in [6, 6.07) is 12.1. The summed E-state index contributed by atoms with van der Waals surface area (Å²) in [5.41, 5.74) is 0.318. The highest BCUT2D eigenvalue weighted by Crippen LogP contribution is 2.30. The number of thioether (sulfide) groups is 1. The van der Waals surface area contributed by atoms with Crippen molar-refractivity contribution in [1.29, 1.82) is 0 Å². The number of hydrogen-bond donors (Lipinski definition) is 1. The Bertz CT molecular complexity index is 957. The first kappa shape index (κ1) is 23.1. The van der Waals surface area contributed by atoms with E-state index in [2.05, 4.69) is 28.0 Å². The average molecular weight is 459 g/mol. The second-order valence-corrected chi connectivity index (χ2v) is 10.0. The van der Waals surface area contributed by atoms with Crippen LogP contribution in [0.15, 0.2) is 58.3 Å². The summed E-state index contributed by atoms with van der Waals surface area (Å²) < 4.78 is 65.9. The minimum Gasteiger partial charge on any atom is -0.299 e. The predicted molar refractivity (Wildman–Crippen MR) is 113 cm³/mol. The normalized spacial score (nSPS) is 16.7. The van der Waals surface area contributed by atoms with Crippen LogP contribution in [0.25, 0.3) is 0 Å². The van der Waals surface area contributed by atoms with Gasteiger partial charge in [-0.1, -0.05) is 24.3 Å². The molecule has 2 aromatic carbocycles. The fourth-order valence-electron chi connectivity index (χ4n) is 3.57. The number of benzene rings is 2. The topological polar surface area (TPSA) is 49.4 Å². The summed E-state index contributed by atoms with van der Waals surface area (Å²) in [6.45, 7) is 2.81. The first-order valence-corrected chi connectivity index (χ1v) is 12.4. The molecular weight excluding hydrogens is 433 g/mol. The molecule has 0 atom stereocenters. The van der Waals surface area contributed by atoms with Crippen molar-refractivity contribution in [3.05, 3.63) is 59.7 Å². The third-order valence-corrected chi connectivity index (χ3v) is 7.59. The van der Waals surface area contributed by atoms with Crippen molar-refractivity contribution >= 4 is 21.8 Å². The molecule has 1 heterocycles. The average Bonchev–Trinajstić information content (AvgIpc) is 2.73. The van der Waals surface area contributed by atoms with Crippen LogP contribution >= 0.6 is 11.8 Å². The van der Waals surface area contributed by atoms with Crippen LogP contribution in [0.2, 0.25) is 0 Å². The third-order valence-electron chi connectivity index (χ3n) is 5.33. The van der Waals surface area contributed by atoms with E-state index in [1.807, 2.05) is 12.1 Å². The Morgan fingerprint density at radius 1 is 1.10 bits per heavy atom. The van der Waals surface area contributed by atoms with Crippen molar-refractivity contribution < 1.29 is 21.6 Å². The highest BCUT2D eigenvalue weighted by Gasteiger charge is 2.32. The molecule has 0 radical (unpaired) electrons. The van der Waals surface area contributed by atoms with E-state index in [0.29, 0.717) is 6.07 Å². The van der Waals surface area contributed by atoms with E-state index in [-0.39, 0.29) is 17.4 Å². The zero-order valence-corrected chi connectivity index (χ0v) is 18.3. The zero-order valence-electron chi connectivity index (χ0n) is 16.7. The Labute approximate surface area is 179 Å².